The number of hydrogen-bond donors (Lipinski definition) is 0. The first-order valence-electron chi connectivity index (χ1n) is 11.4. The van der Waals surface area contributed by atoms with Crippen molar-refractivity contribution in [2.75, 3.05) is 0 Å². The summed E-state index contributed by atoms with van der Waals surface area (Å²) in [5.41, 5.74) is 8.95. The Morgan fingerprint density at radius 1 is 0.633 bits per heavy atom. The molecule has 2 nitrogen and oxygen atoms in total. The summed E-state index contributed by atoms with van der Waals surface area (Å²) in [6.07, 6.45) is 4.14. The number of aliphatic imine (C=N–C) groups is 2. The molecule has 0 aromatic heterocycles. The molecule has 0 aliphatic carbocycles. The number of rotatable bonds is 0. The highest BCUT2D eigenvalue weighted by atomic mass is 14.8. The third kappa shape index (κ3) is 6.15. The van der Waals surface area contributed by atoms with Crippen LogP contribution in [0.25, 0.3) is 0 Å². The Balaban J connectivity index is 0.000000222. The molecule has 0 unspecified atom stereocenters. The van der Waals surface area contributed by atoms with Gasteiger partial charge in [-0.05, 0) is 33.6 Å². The van der Waals surface area contributed by atoms with Crippen LogP contribution >= 0.6 is 0 Å². The quantitative estimate of drug-likeness (QED) is 0.411. The lowest BCUT2D eigenvalue weighted by Gasteiger charge is -2.23. The predicted molar refractivity (Wildman–Crippen MR) is 134 cm³/mol. The van der Waals surface area contributed by atoms with Gasteiger partial charge in [-0.3, -0.25) is 9.98 Å². The van der Waals surface area contributed by atoms with Gasteiger partial charge in [0.15, 0.2) is 0 Å². The highest BCUT2D eigenvalue weighted by Crippen LogP contribution is 2.36. The molecule has 30 heavy (non-hydrogen) atoms. The minimum Gasteiger partial charge on any atom is -0.265 e. The topological polar surface area (TPSA) is 24.7 Å². The van der Waals surface area contributed by atoms with Gasteiger partial charge in [-0.25, -0.2) is 0 Å². The van der Waals surface area contributed by atoms with Gasteiger partial charge in [-0.1, -0.05) is 95.2 Å². The Kier molecular flexibility index (Phi) is 6.63. The number of fused-ring (bicyclic) bond motifs is 1. The van der Waals surface area contributed by atoms with Crippen molar-refractivity contribution in [3.8, 4) is 0 Å². The van der Waals surface area contributed by atoms with Crippen LogP contribution in [-0.4, -0.2) is 11.4 Å². The summed E-state index contributed by atoms with van der Waals surface area (Å²) >= 11 is 0. The fourth-order valence-corrected chi connectivity index (χ4v) is 3.45. The van der Waals surface area contributed by atoms with Crippen LogP contribution in [0.2, 0.25) is 0 Å². The third-order valence-corrected chi connectivity index (χ3v) is 5.99. The van der Waals surface area contributed by atoms with Gasteiger partial charge in [-0.15, -0.1) is 0 Å². The summed E-state index contributed by atoms with van der Waals surface area (Å²) in [4.78, 5) is 9.27. The first-order valence-corrected chi connectivity index (χ1v) is 11.4. The summed E-state index contributed by atoms with van der Waals surface area (Å²) in [7, 11) is 0. The Morgan fingerprint density at radius 3 is 1.60 bits per heavy atom. The molecule has 2 heteroatoms. The molecule has 0 amide bonds. The van der Waals surface area contributed by atoms with E-state index in [1.54, 1.807) is 0 Å². The molecule has 0 spiro atoms. The first-order chi connectivity index (χ1) is 13.4. The van der Waals surface area contributed by atoms with E-state index in [4.69, 9.17) is 4.99 Å². The van der Waals surface area contributed by atoms with Gasteiger partial charge in [0.2, 0.25) is 0 Å². The lowest BCUT2D eigenvalue weighted by atomic mass is 9.80. The second-order valence-electron chi connectivity index (χ2n) is 13.0. The zero-order valence-corrected chi connectivity index (χ0v) is 21.6. The van der Waals surface area contributed by atoms with Crippen LogP contribution in [-0.2, 0) is 11.8 Å². The lowest BCUT2D eigenvalue weighted by Crippen LogP contribution is -2.20. The van der Waals surface area contributed by atoms with E-state index in [1.165, 1.54) is 33.8 Å². The second-order valence-corrected chi connectivity index (χ2v) is 13.0. The van der Waals surface area contributed by atoms with Crippen molar-refractivity contribution >= 4 is 17.1 Å². The Labute approximate surface area is 186 Å². The van der Waals surface area contributed by atoms with E-state index in [-0.39, 0.29) is 21.7 Å². The molecule has 0 N–H and O–H groups in total. The Bertz CT molecular complexity index is 839. The maximum atomic E-state index is 4.76. The van der Waals surface area contributed by atoms with E-state index in [9.17, 15) is 0 Å². The fourth-order valence-electron chi connectivity index (χ4n) is 3.45. The number of benzene rings is 1. The van der Waals surface area contributed by atoms with E-state index in [0.29, 0.717) is 0 Å². The summed E-state index contributed by atoms with van der Waals surface area (Å²) in [5.74, 6) is 0. The van der Waals surface area contributed by atoms with Crippen LogP contribution in [0.15, 0.2) is 40.0 Å². The van der Waals surface area contributed by atoms with Gasteiger partial charge in [0.1, 0.15) is 0 Å². The second kappa shape index (κ2) is 8.09. The van der Waals surface area contributed by atoms with Crippen LogP contribution in [0.5, 0.6) is 0 Å². The molecular weight excluding hydrogens is 364 g/mol. The van der Waals surface area contributed by atoms with Gasteiger partial charge in [0.05, 0.1) is 5.69 Å². The van der Waals surface area contributed by atoms with E-state index in [2.05, 4.69) is 112 Å². The number of allylic oxidation sites excluding steroid dienone is 1. The van der Waals surface area contributed by atoms with E-state index in [1.807, 2.05) is 0 Å². The lowest BCUT2D eigenvalue weighted by molar-refractivity contribution is 0.493. The molecule has 1 aromatic carbocycles. The predicted octanol–water partition coefficient (Wildman–Crippen LogP) is 8.47. The van der Waals surface area contributed by atoms with Crippen LogP contribution in [0, 0.1) is 16.2 Å². The van der Waals surface area contributed by atoms with E-state index < -0.39 is 0 Å². The van der Waals surface area contributed by atoms with Crippen molar-refractivity contribution in [2.45, 2.75) is 101 Å². The van der Waals surface area contributed by atoms with Crippen molar-refractivity contribution in [3.63, 3.8) is 0 Å². The summed E-state index contributed by atoms with van der Waals surface area (Å²) in [5, 5.41) is 0. The highest BCUT2D eigenvalue weighted by Gasteiger charge is 2.28. The third-order valence-electron chi connectivity index (χ3n) is 5.99. The molecule has 2 aliphatic rings. The molecule has 3 rings (SSSR count). The minimum absolute atomic E-state index is 0.181. The van der Waals surface area contributed by atoms with Crippen molar-refractivity contribution < 1.29 is 0 Å². The maximum Gasteiger partial charge on any atom is 0.0665 e. The van der Waals surface area contributed by atoms with Gasteiger partial charge >= 0.3 is 0 Å². The Hall–Kier alpha value is -1.70. The van der Waals surface area contributed by atoms with E-state index >= 15 is 0 Å². The maximum absolute atomic E-state index is 4.76. The zero-order chi connectivity index (χ0) is 23.1. The molecule has 166 valence electrons. The standard InChI is InChI=1S/C16H23N.C12H21N/c1-15(2,3)12-7-8-13-11(9-12)10-14(17-13)16(4,5)6;1-11(2,3)9-7-10(13-8-9)12(4,5)6/h7-9H,10H2,1-6H3;8H,7H2,1-6H3. The normalized spacial score (nSPS) is 17.0. The minimum atomic E-state index is 0.181. The van der Waals surface area contributed by atoms with E-state index in [0.717, 1.165) is 12.8 Å². The van der Waals surface area contributed by atoms with Gasteiger partial charge in [0, 0.05) is 41.3 Å². The summed E-state index contributed by atoms with van der Waals surface area (Å²) in [6, 6.07) is 6.72. The van der Waals surface area contributed by atoms with Crippen molar-refractivity contribution in [3.05, 3.63) is 41.1 Å². The molecular formula is C28H44N2. The molecule has 0 saturated heterocycles. The van der Waals surface area contributed by atoms with Crippen LogP contribution in [0.1, 0.15) is 101 Å². The summed E-state index contributed by atoms with van der Waals surface area (Å²) in [6.45, 7) is 26.9. The number of hydrogen-bond acceptors (Lipinski definition) is 2. The van der Waals surface area contributed by atoms with Gasteiger partial charge in [0.25, 0.3) is 0 Å². The highest BCUT2D eigenvalue weighted by molar-refractivity contribution is 5.97. The fraction of sp³-hybridized carbons (Fsp3) is 0.643. The van der Waals surface area contributed by atoms with Gasteiger partial charge in [-0.2, -0.15) is 0 Å². The SMILES string of the molecule is CC(C)(C)C1=CN=C(C(C)(C)C)C1.CC(C)(C)C1=Nc2ccc(C(C)(C)C)cc2C1. The van der Waals surface area contributed by atoms with Gasteiger partial charge < -0.3 is 0 Å². The zero-order valence-electron chi connectivity index (χ0n) is 21.6. The van der Waals surface area contributed by atoms with Crippen LogP contribution < -0.4 is 0 Å². The van der Waals surface area contributed by atoms with Crippen molar-refractivity contribution in [1.82, 2.24) is 0 Å². The monoisotopic (exact) mass is 408 g/mol. The van der Waals surface area contributed by atoms with Crippen molar-refractivity contribution in [2.24, 2.45) is 26.2 Å². The molecule has 0 bridgehead atoms. The largest absolute Gasteiger partial charge is 0.265 e. The molecule has 0 radical (unpaired) electrons. The smallest absolute Gasteiger partial charge is 0.0665 e. The molecule has 1 aromatic rings. The number of nitrogens with zero attached hydrogens (tertiary/aromatic N) is 2. The van der Waals surface area contributed by atoms with Crippen LogP contribution in [0.4, 0.5) is 5.69 Å². The molecule has 0 fully saturated rings. The average Bonchev–Trinajstić information content (AvgIpc) is 3.20. The van der Waals surface area contributed by atoms with Crippen LogP contribution in [0.3, 0.4) is 0 Å². The molecule has 2 heterocycles. The first kappa shape index (κ1) is 24.6. The van der Waals surface area contributed by atoms with Crippen molar-refractivity contribution in [1.29, 1.82) is 0 Å². The molecule has 2 aliphatic heterocycles. The summed E-state index contributed by atoms with van der Waals surface area (Å²) < 4.78 is 0. The Morgan fingerprint density at radius 2 is 1.20 bits per heavy atom. The molecule has 0 saturated carbocycles. The average molecular weight is 409 g/mol. The molecule has 0 atom stereocenters.